The maximum absolute atomic E-state index is 14.9. The van der Waals surface area contributed by atoms with Crippen LogP contribution in [0.25, 0.3) is 0 Å². The highest BCUT2D eigenvalue weighted by atomic mass is 31.2. The number of nitrogens with zero attached hydrogens (tertiary/aromatic N) is 6. The number of aliphatic hydroxyl groups is 3. The summed E-state index contributed by atoms with van der Waals surface area (Å²) in [6.45, 7) is 1.31. The summed E-state index contributed by atoms with van der Waals surface area (Å²) in [4.78, 5) is 84.2. The molecular weight excluding hydrogens is 1660 g/mol. The molecule has 12 N–H and O–H groups in total. The van der Waals surface area contributed by atoms with Gasteiger partial charge in [0.1, 0.15) is 91.0 Å². The van der Waals surface area contributed by atoms with E-state index < -0.39 is 169 Å². The van der Waals surface area contributed by atoms with Gasteiger partial charge in [0.15, 0.2) is 18.3 Å². The number of aliphatic hydroxyl groups excluding tert-OH is 3. The Morgan fingerprint density at radius 1 is 0.400 bits per heavy atom. The smallest absolute Gasteiger partial charge is 0.459 e. The fourth-order valence-electron chi connectivity index (χ4n) is 11.2. The summed E-state index contributed by atoms with van der Waals surface area (Å²) in [5.74, 6) is -14.6. The molecule has 6 aromatic carbocycles. The number of aromatic nitrogens is 6. The Hall–Kier alpha value is -11.0. The average molecular weight is 1740 g/mol. The zero-order valence-electron chi connectivity index (χ0n) is 63.4. The third-order valence-electron chi connectivity index (χ3n) is 17.4. The van der Waals surface area contributed by atoms with E-state index in [1.54, 1.807) is 146 Å². The molecule has 0 bridgehead atoms. The SMILES string of the molecule is C[C@H](NP(=O)(OC[C@H]1O[C@@H](n2ccc(N)nc2=O)C(F)(F)[C@@H]1O)Oc1ccccc1)C(=O)OCc1ccccc1.C[C@H](N[P@@](=O)(OC[C@H]1O[C@@H](n2ccc(N)nc2=O)C(F)(F)[C@@H]1O)Oc1ccccc1)C(=O)OCc1ccccc1.C[C@H](N[P@](=O)(OC[C@H]1O[C@@H](n2ccc(N)nc2=O)C(F)(F)[C@@H]1O)Oc1ccccc1)C(=O)OCc1ccccc1. The molecule has 0 spiro atoms. The van der Waals surface area contributed by atoms with Crippen molar-refractivity contribution in [3.8, 4) is 17.2 Å². The van der Waals surface area contributed by atoms with E-state index >= 15 is 0 Å². The largest absolute Gasteiger partial charge is 0.460 e. The number of carbonyl (C=O) groups is 3. The molecule has 45 heteroatoms. The molecule has 0 amide bonds. The van der Waals surface area contributed by atoms with Crippen molar-refractivity contribution < 1.29 is 125 Å². The van der Waals surface area contributed by atoms with Gasteiger partial charge in [0.05, 0.1) is 19.8 Å². The molecule has 9 aromatic rings. The molecule has 1 unspecified atom stereocenters. The second kappa shape index (κ2) is 40.3. The van der Waals surface area contributed by atoms with Gasteiger partial charge in [-0.25, -0.2) is 28.1 Å². The number of anilines is 3. The van der Waals surface area contributed by atoms with Gasteiger partial charge in [0.2, 0.25) is 18.7 Å². The van der Waals surface area contributed by atoms with E-state index in [0.29, 0.717) is 13.7 Å². The van der Waals surface area contributed by atoms with Gasteiger partial charge < -0.3 is 74.5 Å². The summed E-state index contributed by atoms with van der Waals surface area (Å²) in [5, 5.41) is 38.2. The molecule has 12 rings (SSSR count). The maximum Gasteiger partial charge on any atom is 0.459 e. The lowest BCUT2D eigenvalue weighted by Gasteiger charge is -2.24. The second-order valence-electron chi connectivity index (χ2n) is 26.5. The summed E-state index contributed by atoms with van der Waals surface area (Å²) in [5.41, 5.74) is 15.0. The van der Waals surface area contributed by atoms with Gasteiger partial charge in [-0.3, -0.25) is 41.7 Å². The van der Waals surface area contributed by atoms with Crippen molar-refractivity contribution in [2.45, 2.75) is 132 Å². The van der Waals surface area contributed by atoms with Crippen LogP contribution in [0.4, 0.5) is 43.8 Å². The molecule has 3 fully saturated rings. The molecule has 0 saturated carbocycles. The van der Waals surface area contributed by atoms with Crippen molar-refractivity contribution in [2.75, 3.05) is 37.0 Å². The zero-order chi connectivity index (χ0) is 86.7. The first-order valence-corrected chi connectivity index (χ1v) is 40.7. The van der Waals surface area contributed by atoms with Gasteiger partial charge in [-0.1, -0.05) is 146 Å². The Kier molecular flexibility index (Phi) is 30.7. The normalized spacial score (nSPS) is 22.2. The Morgan fingerprint density at radius 2 is 0.617 bits per heavy atom. The van der Waals surface area contributed by atoms with Crippen LogP contribution in [0.2, 0.25) is 0 Å². The first-order valence-electron chi connectivity index (χ1n) is 36.1. The van der Waals surface area contributed by atoms with Gasteiger partial charge in [0, 0.05) is 18.6 Å². The Balaban J connectivity index is 0.000000189. The van der Waals surface area contributed by atoms with Crippen molar-refractivity contribution in [3.63, 3.8) is 0 Å². The summed E-state index contributed by atoms with van der Waals surface area (Å²) < 4.78 is 196. The topological polar surface area (TPSA) is 493 Å². The fraction of sp³-hybridized carbons (Fsp3) is 0.320. The van der Waals surface area contributed by atoms with E-state index in [4.69, 9.17) is 72.8 Å². The lowest BCUT2D eigenvalue weighted by molar-refractivity contribution is -0.147. The molecule has 3 aromatic heterocycles. The fourth-order valence-corrected chi connectivity index (χ4v) is 15.7. The minimum Gasteiger partial charge on any atom is -0.460 e. The number of nitrogens with two attached hydrogens (primary N) is 3. The van der Waals surface area contributed by atoms with Gasteiger partial charge in [-0.05, 0) is 92.1 Å². The number of nitrogens with one attached hydrogen (secondary N) is 3. The maximum atomic E-state index is 14.9. The third kappa shape index (κ3) is 24.2. The number of alkyl halides is 6. The highest BCUT2D eigenvalue weighted by molar-refractivity contribution is 7.52. The van der Waals surface area contributed by atoms with Crippen molar-refractivity contribution in [3.05, 3.63) is 267 Å². The highest BCUT2D eigenvalue weighted by Gasteiger charge is 2.63. The van der Waals surface area contributed by atoms with Gasteiger partial charge in [-0.2, -0.15) is 56.6 Å². The van der Waals surface area contributed by atoms with Crippen molar-refractivity contribution in [1.82, 2.24) is 43.9 Å². The molecule has 36 nitrogen and oxygen atoms in total. The molecule has 15 atom stereocenters. The lowest BCUT2D eigenvalue weighted by Crippen LogP contribution is -2.42. The number of benzene rings is 6. The van der Waals surface area contributed by atoms with E-state index in [1.165, 1.54) is 57.2 Å². The predicted molar refractivity (Wildman–Crippen MR) is 412 cm³/mol. The van der Waals surface area contributed by atoms with Crippen molar-refractivity contribution >= 4 is 58.6 Å². The third-order valence-corrected chi connectivity index (χ3v) is 22.3. The quantitative estimate of drug-likeness (QED) is 0.00815. The zero-order valence-corrected chi connectivity index (χ0v) is 66.1. The average Bonchev–Trinajstić information content (AvgIpc) is 1.62. The number of carbonyl (C=O) groups excluding carboxylic acids is 3. The molecule has 642 valence electrons. The molecule has 0 radical (unpaired) electrons. The van der Waals surface area contributed by atoms with Crippen LogP contribution in [-0.2, 0) is 89.9 Å². The number of halogens is 6. The molecular formula is C75H81F6N12O24P3. The minimum atomic E-state index is -4.46. The highest BCUT2D eigenvalue weighted by Crippen LogP contribution is 2.52. The molecule has 0 aliphatic carbocycles. The summed E-state index contributed by atoms with van der Waals surface area (Å²) in [7, 11) is -13.4. The summed E-state index contributed by atoms with van der Waals surface area (Å²) in [6, 6.07) is 49.5. The van der Waals surface area contributed by atoms with Crippen LogP contribution in [0.5, 0.6) is 17.2 Å². The number of hydrogen-bond donors (Lipinski definition) is 9. The molecule has 3 saturated heterocycles. The number of nitrogen functional groups attached to an aromatic ring is 3. The molecule has 120 heavy (non-hydrogen) atoms. The molecule has 3 aliphatic rings. The Morgan fingerprint density at radius 3 is 0.833 bits per heavy atom. The van der Waals surface area contributed by atoms with Gasteiger partial charge in [0.25, 0.3) is 0 Å². The lowest BCUT2D eigenvalue weighted by atomic mass is 10.1. The monoisotopic (exact) mass is 1740 g/mol. The van der Waals surface area contributed by atoms with E-state index in [9.17, 15) is 84.1 Å². The Bertz CT molecular complexity index is 4750. The number of ether oxygens (including phenoxy) is 6. The molecule has 3 aliphatic heterocycles. The van der Waals surface area contributed by atoms with E-state index in [2.05, 4.69) is 30.2 Å². The van der Waals surface area contributed by atoms with Crippen LogP contribution in [0, 0.1) is 0 Å². The number of para-hydroxylation sites is 3. The van der Waals surface area contributed by atoms with Crippen LogP contribution < -0.4 is 63.1 Å². The van der Waals surface area contributed by atoms with Crippen LogP contribution in [-0.4, -0.2) is 154 Å². The first-order chi connectivity index (χ1) is 56.9. The summed E-state index contributed by atoms with van der Waals surface area (Å²) in [6.07, 6.45) is -16.5. The van der Waals surface area contributed by atoms with Crippen LogP contribution in [0.15, 0.2) is 233 Å². The molecule has 6 heterocycles. The number of hydrogen-bond acceptors (Lipinski definition) is 30. The van der Waals surface area contributed by atoms with E-state index in [0.717, 1.165) is 53.5 Å². The van der Waals surface area contributed by atoms with E-state index in [-0.39, 0.29) is 54.5 Å². The standard InChI is InChI=1S/3C25H27F2N4O8P/c3*1-16(22(33)36-14-17-8-4-2-5-9-17)30-40(35,39-18-10-6-3-7-11-18)37-15-19-21(32)25(26,27)23(38-19)31-13-12-20(28)29-24(31)34/h3*2-13,16,19,21,23,32H,14-15H2,1H3,(H,30,35)(H2,28,29,34)/t16-,19+,21+,23+,40?;16-,19+,21+,23+,40+;16-,19+,21+,23+,40-/m000/s1. The van der Waals surface area contributed by atoms with Crippen LogP contribution in [0.3, 0.4) is 0 Å². The van der Waals surface area contributed by atoms with Gasteiger partial charge in [-0.15, -0.1) is 0 Å². The van der Waals surface area contributed by atoms with Crippen molar-refractivity contribution in [1.29, 1.82) is 0 Å². The summed E-state index contributed by atoms with van der Waals surface area (Å²) >= 11 is 0. The Labute approximate surface area is 678 Å². The van der Waals surface area contributed by atoms with Crippen molar-refractivity contribution in [2.24, 2.45) is 0 Å². The predicted octanol–water partition coefficient (Wildman–Crippen LogP) is 7.93. The van der Waals surface area contributed by atoms with Crippen LogP contribution >= 0.6 is 23.2 Å². The number of rotatable bonds is 33. The minimum absolute atomic E-state index is 0.0473. The van der Waals surface area contributed by atoms with Crippen LogP contribution in [0.1, 0.15) is 56.1 Å². The van der Waals surface area contributed by atoms with Gasteiger partial charge >= 0.3 is 76.0 Å². The number of esters is 3. The van der Waals surface area contributed by atoms with E-state index in [1.807, 2.05) is 0 Å². The second-order valence-corrected chi connectivity index (χ2v) is 31.6. The first kappa shape index (κ1) is 91.3.